The molecule has 2 heterocycles. The van der Waals surface area contributed by atoms with Crippen molar-refractivity contribution in [2.75, 3.05) is 37.6 Å². The van der Waals surface area contributed by atoms with Gasteiger partial charge in [-0.3, -0.25) is 9.59 Å². The molecule has 0 bridgehead atoms. The molecule has 1 aliphatic rings. The summed E-state index contributed by atoms with van der Waals surface area (Å²) < 4.78 is 1.29. The number of carboxylic acid groups (broad SMARTS) is 1. The molecule has 0 amide bonds. The number of hydrogen-bond donors (Lipinski definition) is 1. The van der Waals surface area contributed by atoms with E-state index < -0.39 is 5.97 Å². The Morgan fingerprint density at radius 1 is 1.21 bits per heavy atom. The van der Waals surface area contributed by atoms with E-state index in [0.717, 1.165) is 5.82 Å². The summed E-state index contributed by atoms with van der Waals surface area (Å²) in [4.78, 5) is 26.4. The average molecular weight is 338 g/mol. The molecule has 0 aliphatic carbocycles. The zero-order chi connectivity index (χ0) is 18.1. The first-order valence-corrected chi connectivity index (χ1v) is 8.67. The summed E-state index contributed by atoms with van der Waals surface area (Å²) in [6, 6.07) is 3.16. The molecule has 2 rings (SSSR count). The van der Waals surface area contributed by atoms with Crippen LogP contribution in [0.25, 0.3) is 0 Å². The van der Waals surface area contributed by atoms with Crippen molar-refractivity contribution in [3.63, 3.8) is 0 Å². The molecule has 0 atom stereocenters. The Balaban J connectivity index is 0.000000351. The summed E-state index contributed by atoms with van der Waals surface area (Å²) in [6.07, 6.45) is 1.25. The maximum atomic E-state index is 11.2. The fourth-order valence-corrected chi connectivity index (χ4v) is 2.69. The molecular formula is C17H30N4O3. The van der Waals surface area contributed by atoms with E-state index in [1.807, 2.05) is 4.90 Å². The third-order valence-electron chi connectivity index (χ3n) is 4.46. The molecule has 0 spiro atoms. The molecule has 1 aromatic heterocycles. The molecule has 136 valence electrons. The number of anilines is 1. The molecular weight excluding hydrogens is 308 g/mol. The van der Waals surface area contributed by atoms with Gasteiger partial charge < -0.3 is 14.9 Å². The van der Waals surface area contributed by atoms with E-state index in [9.17, 15) is 9.59 Å². The van der Waals surface area contributed by atoms with E-state index in [2.05, 4.69) is 30.8 Å². The van der Waals surface area contributed by atoms with Crippen LogP contribution in [0.3, 0.4) is 0 Å². The minimum atomic E-state index is -0.724. The lowest BCUT2D eigenvalue weighted by Gasteiger charge is -2.30. The standard InChI is InChI=1S/C11H15N3O3.C6H15N/c1-13-10(15)3-2-9(12-13)14-6-4-8(5-7-14)11(16)17;1-4-7(5-2)6-3/h2-3,8H,4-7H2,1H3,(H,16,17);4-6H2,1-3H3. The molecule has 0 radical (unpaired) electrons. The van der Waals surface area contributed by atoms with Crippen molar-refractivity contribution in [2.24, 2.45) is 13.0 Å². The summed E-state index contributed by atoms with van der Waals surface area (Å²) in [7, 11) is 1.61. The van der Waals surface area contributed by atoms with Crippen LogP contribution >= 0.6 is 0 Å². The Labute approximate surface area is 143 Å². The third kappa shape index (κ3) is 5.96. The molecule has 0 unspecified atom stereocenters. The smallest absolute Gasteiger partial charge is 0.306 e. The Morgan fingerprint density at radius 3 is 2.12 bits per heavy atom. The minimum absolute atomic E-state index is 0.144. The van der Waals surface area contributed by atoms with Crippen LogP contribution in [0.5, 0.6) is 0 Å². The van der Waals surface area contributed by atoms with Crippen molar-refractivity contribution in [1.29, 1.82) is 0 Å². The van der Waals surface area contributed by atoms with Crippen LogP contribution in [-0.2, 0) is 11.8 Å². The fraction of sp³-hybridized carbons (Fsp3) is 0.706. The van der Waals surface area contributed by atoms with Gasteiger partial charge in [-0.05, 0) is 38.5 Å². The van der Waals surface area contributed by atoms with E-state index >= 15 is 0 Å². The maximum Gasteiger partial charge on any atom is 0.306 e. The Kier molecular flexibility index (Phi) is 8.46. The van der Waals surface area contributed by atoms with Crippen molar-refractivity contribution >= 4 is 11.8 Å². The van der Waals surface area contributed by atoms with Crippen LogP contribution in [0.15, 0.2) is 16.9 Å². The number of aliphatic carboxylic acids is 1. The zero-order valence-corrected chi connectivity index (χ0v) is 15.2. The molecule has 1 aliphatic heterocycles. The van der Waals surface area contributed by atoms with Crippen LogP contribution in [-0.4, -0.2) is 58.5 Å². The Morgan fingerprint density at radius 2 is 1.75 bits per heavy atom. The molecule has 1 saturated heterocycles. The van der Waals surface area contributed by atoms with E-state index in [1.54, 1.807) is 13.1 Å². The molecule has 1 aromatic rings. The van der Waals surface area contributed by atoms with Gasteiger partial charge in [0.2, 0.25) is 0 Å². The van der Waals surface area contributed by atoms with Gasteiger partial charge in [0.15, 0.2) is 0 Å². The van der Waals surface area contributed by atoms with Crippen LogP contribution in [0.2, 0.25) is 0 Å². The summed E-state index contributed by atoms with van der Waals surface area (Å²) in [5.41, 5.74) is -0.144. The third-order valence-corrected chi connectivity index (χ3v) is 4.46. The van der Waals surface area contributed by atoms with Crippen molar-refractivity contribution < 1.29 is 9.90 Å². The highest BCUT2D eigenvalue weighted by Gasteiger charge is 2.25. The average Bonchev–Trinajstić information content (AvgIpc) is 2.59. The van der Waals surface area contributed by atoms with Crippen LogP contribution in [0.1, 0.15) is 33.6 Å². The summed E-state index contributed by atoms with van der Waals surface area (Å²) in [5, 5.41) is 13.0. The number of hydrogen-bond acceptors (Lipinski definition) is 5. The minimum Gasteiger partial charge on any atom is -0.481 e. The highest BCUT2D eigenvalue weighted by molar-refractivity contribution is 5.70. The van der Waals surface area contributed by atoms with Crippen LogP contribution in [0, 0.1) is 5.92 Å². The topological polar surface area (TPSA) is 78.7 Å². The molecule has 1 fully saturated rings. The first kappa shape index (κ1) is 20.2. The van der Waals surface area contributed by atoms with Gasteiger partial charge in [0.1, 0.15) is 5.82 Å². The second-order valence-electron chi connectivity index (χ2n) is 5.87. The Bertz CT molecular complexity index is 556. The number of carboxylic acids is 1. The quantitative estimate of drug-likeness (QED) is 0.875. The number of aryl methyl sites for hydroxylation is 1. The van der Waals surface area contributed by atoms with Gasteiger partial charge in [-0.2, -0.15) is 5.10 Å². The van der Waals surface area contributed by atoms with Crippen LogP contribution in [0.4, 0.5) is 5.82 Å². The van der Waals surface area contributed by atoms with E-state index in [4.69, 9.17) is 5.11 Å². The van der Waals surface area contributed by atoms with Crippen molar-refractivity contribution in [3.05, 3.63) is 22.5 Å². The second kappa shape index (κ2) is 10.1. The lowest BCUT2D eigenvalue weighted by molar-refractivity contribution is -0.142. The first-order chi connectivity index (χ1) is 11.4. The molecule has 1 N–H and O–H groups in total. The monoisotopic (exact) mass is 338 g/mol. The maximum absolute atomic E-state index is 11.2. The van der Waals surface area contributed by atoms with Crippen LogP contribution < -0.4 is 10.5 Å². The summed E-state index contributed by atoms with van der Waals surface area (Å²) in [5.74, 6) is -0.243. The molecule has 7 heteroatoms. The van der Waals surface area contributed by atoms with Crippen molar-refractivity contribution in [2.45, 2.75) is 33.6 Å². The zero-order valence-electron chi connectivity index (χ0n) is 15.2. The van der Waals surface area contributed by atoms with Gasteiger partial charge in [0, 0.05) is 26.2 Å². The molecule has 24 heavy (non-hydrogen) atoms. The number of aromatic nitrogens is 2. The normalized spacial score (nSPS) is 15.1. The summed E-state index contributed by atoms with van der Waals surface area (Å²) in [6.45, 7) is 11.5. The Hall–Kier alpha value is -1.89. The van der Waals surface area contributed by atoms with E-state index in [0.29, 0.717) is 25.9 Å². The summed E-state index contributed by atoms with van der Waals surface area (Å²) >= 11 is 0. The van der Waals surface area contributed by atoms with Gasteiger partial charge in [0.05, 0.1) is 5.92 Å². The van der Waals surface area contributed by atoms with Gasteiger partial charge in [-0.1, -0.05) is 20.8 Å². The predicted octanol–water partition coefficient (Wildman–Crippen LogP) is 1.43. The van der Waals surface area contributed by atoms with Gasteiger partial charge in [-0.25, -0.2) is 4.68 Å². The number of rotatable bonds is 5. The largest absolute Gasteiger partial charge is 0.481 e. The highest BCUT2D eigenvalue weighted by atomic mass is 16.4. The van der Waals surface area contributed by atoms with Gasteiger partial charge >= 0.3 is 5.97 Å². The SMILES string of the molecule is CCN(CC)CC.Cn1nc(N2CCC(C(=O)O)CC2)ccc1=O. The highest BCUT2D eigenvalue weighted by Crippen LogP contribution is 2.20. The lowest BCUT2D eigenvalue weighted by Crippen LogP contribution is -2.37. The lowest BCUT2D eigenvalue weighted by atomic mass is 9.97. The number of carbonyl (C=O) groups is 1. The molecule has 7 nitrogen and oxygen atoms in total. The van der Waals surface area contributed by atoms with Crippen molar-refractivity contribution in [1.82, 2.24) is 14.7 Å². The second-order valence-corrected chi connectivity index (χ2v) is 5.87. The first-order valence-electron chi connectivity index (χ1n) is 8.67. The molecule has 0 saturated carbocycles. The number of nitrogens with zero attached hydrogens (tertiary/aromatic N) is 4. The van der Waals surface area contributed by atoms with Crippen molar-refractivity contribution in [3.8, 4) is 0 Å². The van der Waals surface area contributed by atoms with E-state index in [-0.39, 0.29) is 11.5 Å². The van der Waals surface area contributed by atoms with Gasteiger partial charge in [0.25, 0.3) is 5.56 Å². The molecule has 0 aromatic carbocycles. The fourth-order valence-electron chi connectivity index (χ4n) is 2.69. The predicted molar refractivity (Wildman–Crippen MR) is 95.5 cm³/mol. The number of piperidine rings is 1. The van der Waals surface area contributed by atoms with Gasteiger partial charge in [-0.15, -0.1) is 0 Å². The van der Waals surface area contributed by atoms with E-state index in [1.165, 1.54) is 30.4 Å².